The van der Waals surface area contributed by atoms with E-state index in [2.05, 4.69) is 20.1 Å². The van der Waals surface area contributed by atoms with E-state index >= 15 is 0 Å². The first-order valence-electron chi connectivity index (χ1n) is 6.68. The van der Waals surface area contributed by atoms with E-state index in [1.807, 2.05) is 0 Å². The third-order valence-electron chi connectivity index (χ3n) is 3.91. The molecule has 1 aliphatic rings. The minimum absolute atomic E-state index is 0.164. The summed E-state index contributed by atoms with van der Waals surface area (Å²) in [6.45, 7) is 0.529. The van der Waals surface area contributed by atoms with Crippen LogP contribution in [0.15, 0.2) is 16.9 Å². The van der Waals surface area contributed by atoms with Gasteiger partial charge in [0.05, 0.1) is 12.5 Å². The number of hydrogen-bond donors (Lipinski definition) is 1. The van der Waals surface area contributed by atoms with Gasteiger partial charge in [-0.3, -0.25) is 0 Å². The van der Waals surface area contributed by atoms with E-state index in [0.717, 1.165) is 25.7 Å². The fourth-order valence-electron chi connectivity index (χ4n) is 2.67. The van der Waals surface area contributed by atoms with E-state index in [1.54, 1.807) is 13.2 Å². The van der Waals surface area contributed by atoms with Crippen molar-refractivity contribution in [2.24, 2.45) is 5.73 Å². The van der Waals surface area contributed by atoms with Crippen molar-refractivity contribution in [3.63, 3.8) is 0 Å². The second-order valence-electron chi connectivity index (χ2n) is 5.06. The maximum absolute atomic E-state index is 5.92. The molecule has 106 valence electrons. The van der Waals surface area contributed by atoms with Gasteiger partial charge in [0, 0.05) is 12.6 Å². The molecule has 2 heterocycles. The molecule has 0 bridgehead atoms. The average Bonchev–Trinajstić information content (AvgIpc) is 3.17. The lowest BCUT2D eigenvalue weighted by Gasteiger charge is -2.21. The van der Waals surface area contributed by atoms with Gasteiger partial charge in [0.1, 0.15) is 12.0 Å². The maximum atomic E-state index is 5.92. The zero-order chi connectivity index (χ0) is 14.0. The lowest BCUT2D eigenvalue weighted by molar-refractivity contribution is 0.284. The monoisotopic (exact) mass is 275 g/mol. The van der Waals surface area contributed by atoms with Crippen molar-refractivity contribution < 1.29 is 9.26 Å². The SMILES string of the molecule is COc1cc(-c2noc(C3(CN)CCCC3)n2)ncn1. The van der Waals surface area contributed by atoms with Crippen LogP contribution >= 0.6 is 0 Å². The fourth-order valence-corrected chi connectivity index (χ4v) is 2.67. The molecule has 7 nitrogen and oxygen atoms in total. The number of nitrogens with two attached hydrogens (primary N) is 1. The molecule has 1 fully saturated rings. The van der Waals surface area contributed by atoms with Crippen LogP contribution in [0.2, 0.25) is 0 Å². The van der Waals surface area contributed by atoms with Crippen LogP contribution in [-0.2, 0) is 5.41 Å². The highest BCUT2D eigenvalue weighted by molar-refractivity contribution is 5.49. The van der Waals surface area contributed by atoms with Gasteiger partial charge in [-0.25, -0.2) is 9.97 Å². The van der Waals surface area contributed by atoms with E-state index in [9.17, 15) is 0 Å². The summed E-state index contributed by atoms with van der Waals surface area (Å²) in [7, 11) is 1.55. The molecule has 3 rings (SSSR count). The number of nitrogens with zero attached hydrogens (tertiary/aromatic N) is 4. The van der Waals surface area contributed by atoms with Gasteiger partial charge in [0.2, 0.25) is 17.6 Å². The number of aromatic nitrogens is 4. The summed E-state index contributed by atoms with van der Waals surface area (Å²) in [5.74, 6) is 1.53. The van der Waals surface area contributed by atoms with Gasteiger partial charge in [0.15, 0.2) is 0 Å². The lowest BCUT2D eigenvalue weighted by atomic mass is 9.86. The molecular weight excluding hydrogens is 258 g/mol. The van der Waals surface area contributed by atoms with Crippen molar-refractivity contribution in [2.45, 2.75) is 31.1 Å². The molecule has 2 aromatic rings. The highest BCUT2D eigenvalue weighted by Crippen LogP contribution is 2.39. The number of methoxy groups -OCH3 is 1. The van der Waals surface area contributed by atoms with Crippen molar-refractivity contribution in [2.75, 3.05) is 13.7 Å². The van der Waals surface area contributed by atoms with Crippen LogP contribution < -0.4 is 10.5 Å². The molecule has 0 unspecified atom stereocenters. The molecule has 0 aliphatic heterocycles. The Morgan fingerprint density at radius 2 is 2.15 bits per heavy atom. The van der Waals surface area contributed by atoms with Crippen LogP contribution in [0.25, 0.3) is 11.5 Å². The number of hydrogen-bond acceptors (Lipinski definition) is 7. The van der Waals surface area contributed by atoms with Gasteiger partial charge in [0.25, 0.3) is 0 Å². The maximum Gasteiger partial charge on any atom is 0.234 e. The quantitative estimate of drug-likeness (QED) is 0.897. The molecule has 0 spiro atoms. The summed E-state index contributed by atoms with van der Waals surface area (Å²) in [6, 6.07) is 1.68. The van der Waals surface area contributed by atoms with Crippen molar-refractivity contribution in [3.05, 3.63) is 18.3 Å². The predicted octanol–water partition coefficient (Wildman–Crippen LogP) is 1.31. The third kappa shape index (κ3) is 2.14. The Kier molecular flexibility index (Phi) is 3.35. The van der Waals surface area contributed by atoms with E-state index in [4.69, 9.17) is 15.0 Å². The highest BCUT2D eigenvalue weighted by Gasteiger charge is 2.39. The molecule has 7 heteroatoms. The minimum Gasteiger partial charge on any atom is -0.481 e. The third-order valence-corrected chi connectivity index (χ3v) is 3.91. The number of ether oxygens (including phenoxy) is 1. The van der Waals surface area contributed by atoms with Gasteiger partial charge >= 0.3 is 0 Å². The molecule has 0 radical (unpaired) electrons. The Morgan fingerprint density at radius 1 is 1.35 bits per heavy atom. The van der Waals surface area contributed by atoms with Crippen LogP contribution in [0.1, 0.15) is 31.6 Å². The van der Waals surface area contributed by atoms with Gasteiger partial charge < -0.3 is 15.0 Å². The van der Waals surface area contributed by atoms with E-state index in [1.165, 1.54) is 6.33 Å². The van der Waals surface area contributed by atoms with Crippen LogP contribution in [-0.4, -0.2) is 33.8 Å². The summed E-state index contributed by atoms with van der Waals surface area (Å²) in [5.41, 5.74) is 6.34. The summed E-state index contributed by atoms with van der Waals surface area (Å²) in [4.78, 5) is 12.6. The number of rotatable bonds is 4. The molecule has 0 atom stereocenters. The van der Waals surface area contributed by atoms with Crippen LogP contribution in [0.5, 0.6) is 5.88 Å². The average molecular weight is 275 g/mol. The Labute approximate surface area is 116 Å². The predicted molar refractivity (Wildman–Crippen MR) is 71.1 cm³/mol. The Hall–Kier alpha value is -2.02. The summed E-state index contributed by atoms with van der Waals surface area (Å²) >= 11 is 0. The van der Waals surface area contributed by atoms with E-state index in [0.29, 0.717) is 29.8 Å². The van der Waals surface area contributed by atoms with Crippen LogP contribution in [0.3, 0.4) is 0 Å². The van der Waals surface area contributed by atoms with Crippen molar-refractivity contribution in [3.8, 4) is 17.4 Å². The molecule has 1 aliphatic carbocycles. The first kappa shape index (κ1) is 13.0. The zero-order valence-corrected chi connectivity index (χ0v) is 11.4. The van der Waals surface area contributed by atoms with Gasteiger partial charge in [-0.05, 0) is 12.8 Å². The first-order valence-corrected chi connectivity index (χ1v) is 6.68. The topological polar surface area (TPSA) is 100.0 Å². The molecule has 0 saturated heterocycles. The molecule has 1 saturated carbocycles. The second-order valence-corrected chi connectivity index (χ2v) is 5.06. The highest BCUT2D eigenvalue weighted by atomic mass is 16.5. The summed E-state index contributed by atoms with van der Waals surface area (Å²) in [6.07, 6.45) is 5.71. The van der Waals surface area contributed by atoms with Crippen LogP contribution in [0, 0.1) is 0 Å². The second kappa shape index (κ2) is 5.16. The molecule has 0 amide bonds. The molecular formula is C13H17N5O2. The first-order chi connectivity index (χ1) is 9.77. The largest absolute Gasteiger partial charge is 0.481 e. The normalized spacial score (nSPS) is 17.3. The summed E-state index contributed by atoms with van der Waals surface area (Å²) < 4.78 is 10.5. The van der Waals surface area contributed by atoms with Gasteiger partial charge in [-0.1, -0.05) is 18.0 Å². The lowest BCUT2D eigenvalue weighted by Crippen LogP contribution is -2.32. The Morgan fingerprint density at radius 3 is 2.85 bits per heavy atom. The van der Waals surface area contributed by atoms with Crippen molar-refractivity contribution in [1.82, 2.24) is 20.1 Å². The van der Waals surface area contributed by atoms with Gasteiger partial charge in [-0.15, -0.1) is 0 Å². The Balaban J connectivity index is 1.93. The van der Waals surface area contributed by atoms with Crippen molar-refractivity contribution >= 4 is 0 Å². The van der Waals surface area contributed by atoms with Gasteiger partial charge in [-0.2, -0.15) is 4.98 Å². The molecule has 2 N–H and O–H groups in total. The summed E-state index contributed by atoms with van der Waals surface area (Å²) in [5, 5.41) is 4.01. The zero-order valence-electron chi connectivity index (χ0n) is 11.4. The van der Waals surface area contributed by atoms with Crippen molar-refractivity contribution in [1.29, 1.82) is 0 Å². The Bertz CT molecular complexity index is 592. The molecule has 0 aromatic carbocycles. The fraction of sp³-hybridized carbons (Fsp3) is 0.538. The van der Waals surface area contributed by atoms with E-state index < -0.39 is 0 Å². The minimum atomic E-state index is -0.164. The molecule has 2 aromatic heterocycles. The molecule has 20 heavy (non-hydrogen) atoms. The van der Waals surface area contributed by atoms with E-state index in [-0.39, 0.29) is 5.41 Å². The van der Waals surface area contributed by atoms with Crippen LogP contribution in [0.4, 0.5) is 0 Å². The smallest absolute Gasteiger partial charge is 0.234 e. The standard InChI is InChI=1S/C13H17N5O2/c1-19-10-6-9(15-8-16-10)11-17-12(20-18-11)13(7-14)4-2-3-5-13/h6,8H,2-5,7,14H2,1H3.